The zero-order valence-electron chi connectivity index (χ0n) is 8.55. The van der Waals surface area contributed by atoms with Crippen LogP contribution in [0.1, 0.15) is 25.2 Å². The summed E-state index contributed by atoms with van der Waals surface area (Å²) in [6.45, 7) is 7.69. The van der Waals surface area contributed by atoms with Crippen LogP contribution in [-0.2, 0) is 0 Å². The topological polar surface area (TPSA) is 41.7 Å². The van der Waals surface area contributed by atoms with Crippen LogP contribution in [0.3, 0.4) is 0 Å². The van der Waals surface area contributed by atoms with Gasteiger partial charge in [0.05, 0.1) is 5.69 Å². The van der Waals surface area contributed by atoms with Crippen molar-refractivity contribution in [3.63, 3.8) is 0 Å². The Labute approximate surface area is 78.6 Å². The first kappa shape index (κ1) is 9.71. The molecule has 0 aliphatic heterocycles. The van der Waals surface area contributed by atoms with E-state index in [0.29, 0.717) is 5.71 Å². The number of nitrogens with zero attached hydrogens (tertiary/aromatic N) is 2. The van der Waals surface area contributed by atoms with Gasteiger partial charge in [-0.15, -0.1) is 0 Å². The fraction of sp³-hybridized carbons (Fsp3) is 0.400. The maximum absolute atomic E-state index is 7.33. The molecule has 0 spiro atoms. The molecule has 3 nitrogen and oxygen atoms in total. The van der Waals surface area contributed by atoms with E-state index < -0.39 is 0 Å². The Balaban J connectivity index is 3.08. The van der Waals surface area contributed by atoms with E-state index in [1.807, 2.05) is 31.5 Å². The van der Waals surface area contributed by atoms with Gasteiger partial charge in [-0.25, -0.2) is 4.68 Å². The highest BCUT2D eigenvalue weighted by molar-refractivity contribution is 5.94. The van der Waals surface area contributed by atoms with Crippen LogP contribution in [0.5, 0.6) is 0 Å². The number of aromatic nitrogens is 2. The zero-order chi connectivity index (χ0) is 10.0. The molecule has 70 valence electrons. The van der Waals surface area contributed by atoms with Gasteiger partial charge in [-0.1, -0.05) is 0 Å². The van der Waals surface area contributed by atoms with Gasteiger partial charge in [0.1, 0.15) is 0 Å². The standard InChI is InChI=1S/C10H15N3/c1-7(11)5-9(3)13-10(4)6-8(2)12-13/h5-6,11H,1-4H3/b9-5+,11-7?. The van der Waals surface area contributed by atoms with Gasteiger partial charge >= 0.3 is 0 Å². The van der Waals surface area contributed by atoms with Crippen LogP contribution in [0.25, 0.3) is 5.70 Å². The Morgan fingerprint density at radius 2 is 2.08 bits per heavy atom. The third-order valence-corrected chi connectivity index (χ3v) is 1.77. The van der Waals surface area contributed by atoms with Crippen LogP contribution >= 0.6 is 0 Å². The molecule has 0 atom stereocenters. The molecule has 0 amide bonds. The second-order valence-electron chi connectivity index (χ2n) is 3.31. The van der Waals surface area contributed by atoms with Crippen LogP contribution in [0.2, 0.25) is 0 Å². The van der Waals surface area contributed by atoms with E-state index in [1.54, 1.807) is 13.0 Å². The van der Waals surface area contributed by atoms with E-state index in [2.05, 4.69) is 5.10 Å². The van der Waals surface area contributed by atoms with Gasteiger partial charge in [0, 0.05) is 17.1 Å². The summed E-state index contributed by atoms with van der Waals surface area (Å²) in [5.74, 6) is 0. The van der Waals surface area contributed by atoms with Crippen LogP contribution in [0.15, 0.2) is 12.1 Å². The Morgan fingerprint density at radius 1 is 1.46 bits per heavy atom. The third-order valence-electron chi connectivity index (χ3n) is 1.77. The molecular weight excluding hydrogens is 162 g/mol. The lowest BCUT2D eigenvalue weighted by atomic mass is 10.3. The first-order valence-electron chi connectivity index (χ1n) is 4.28. The fourth-order valence-electron chi connectivity index (χ4n) is 1.36. The second-order valence-corrected chi connectivity index (χ2v) is 3.31. The summed E-state index contributed by atoms with van der Waals surface area (Å²) in [6, 6.07) is 2.02. The minimum atomic E-state index is 0.546. The molecule has 1 heterocycles. The van der Waals surface area contributed by atoms with Crippen molar-refractivity contribution in [2.45, 2.75) is 27.7 Å². The van der Waals surface area contributed by atoms with Crippen molar-refractivity contribution >= 4 is 11.4 Å². The predicted molar refractivity (Wildman–Crippen MR) is 55.0 cm³/mol. The normalized spacial score (nSPS) is 11.8. The average molecular weight is 177 g/mol. The van der Waals surface area contributed by atoms with E-state index in [4.69, 9.17) is 5.41 Å². The number of rotatable bonds is 2. The molecule has 0 saturated carbocycles. The van der Waals surface area contributed by atoms with Crippen molar-refractivity contribution in [2.24, 2.45) is 0 Å². The highest BCUT2D eigenvalue weighted by Crippen LogP contribution is 2.08. The summed E-state index contributed by atoms with van der Waals surface area (Å²) in [5.41, 5.74) is 3.64. The molecule has 0 saturated heterocycles. The van der Waals surface area contributed by atoms with E-state index in [9.17, 15) is 0 Å². The lowest BCUT2D eigenvalue weighted by Crippen LogP contribution is -2.00. The Bertz CT molecular complexity index is 358. The van der Waals surface area contributed by atoms with Crippen molar-refractivity contribution in [3.8, 4) is 0 Å². The van der Waals surface area contributed by atoms with Gasteiger partial charge in [-0.2, -0.15) is 5.10 Å². The summed E-state index contributed by atoms with van der Waals surface area (Å²) in [5, 5.41) is 11.6. The van der Waals surface area contributed by atoms with Crippen LogP contribution in [0, 0.1) is 19.3 Å². The van der Waals surface area contributed by atoms with Gasteiger partial charge in [0.2, 0.25) is 0 Å². The van der Waals surface area contributed by atoms with Crippen LogP contribution < -0.4 is 0 Å². The Morgan fingerprint density at radius 3 is 2.46 bits per heavy atom. The summed E-state index contributed by atoms with van der Waals surface area (Å²) >= 11 is 0. The Kier molecular flexibility index (Phi) is 2.66. The molecule has 1 rings (SSSR count). The largest absolute Gasteiger partial charge is 0.306 e. The molecule has 0 radical (unpaired) electrons. The van der Waals surface area contributed by atoms with Gasteiger partial charge < -0.3 is 5.41 Å². The summed E-state index contributed by atoms with van der Waals surface area (Å²) in [4.78, 5) is 0. The number of nitrogens with one attached hydrogen (secondary N) is 1. The smallest absolute Gasteiger partial charge is 0.0600 e. The van der Waals surface area contributed by atoms with Crippen molar-refractivity contribution in [3.05, 3.63) is 23.5 Å². The maximum atomic E-state index is 7.33. The molecule has 1 aromatic heterocycles. The minimum Gasteiger partial charge on any atom is -0.306 e. The first-order chi connectivity index (χ1) is 6.00. The molecule has 0 aliphatic rings. The summed E-state index contributed by atoms with van der Waals surface area (Å²) in [6.07, 6.45) is 1.80. The monoisotopic (exact) mass is 177 g/mol. The van der Waals surface area contributed by atoms with E-state index in [0.717, 1.165) is 17.1 Å². The van der Waals surface area contributed by atoms with Crippen molar-refractivity contribution in [2.75, 3.05) is 0 Å². The van der Waals surface area contributed by atoms with Crippen molar-refractivity contribution in [1.82, 2.24) is 9.78 Å². The fourth-order valence-corrected chi connectivity index (χ4v) is 1.36. The quantitative estimate of drug-likeness (QED) is 0.692. The number of allylic oxidation sites excluding steroid dienone is 2. The summed E-state index contributed by atoms with van der Waals surface area (Å²) < 4.78 is 1.85. The average Bonchev–Trinajstić information content (AvgIpc) is 2.28. The molecule has 0 bridgehead atoms. The van der Waals surface area contributed by atoms with Crippen LogP contribution in [0.4, 0.5) is 0 Å². The van der Waals surface area contributed by atoms with Crippen molar-refractivity contribution < 1.29 is 0 Å². The minimum absolute atomic E-state index is 0.546. The molecule has 3 heteroatoms. The lowest BCUT2D eigenvalue weighted by Gasteiger charge is -2.03. The molecular formula is C10H15N3. The highest BCUT2D eigenvalue weighted by atomic mass is 15.3. The third kappa shape index (κ3) is 2.28. The van der Waals surface area contributed by atoms with E-state index in [1.165, 1.54) is 0 Å². The summed E-state index contributed by atoms with van der Waals surface area (Å²) in [7, 11) is 0. The van der Waals surface area contributed by atoms with Gasteiger partial charge in [0.25, 0.3) is 0 Å². The number of aryl methyl sites for hydroxylation is 2. The molecule has 0 unspecified atom stereocenters. The molecule has 0 aliphatic carbocycles. The van der Waals surface area contributed by atoms with Gasteiger partial charge in [-0.05, 0) is 39.8 Å². The molecule has 0 aromatic carbocycles. The lowest BCUT2D eigenvalue weighted by molar-refractivity contribution is 0.848. The highest BCUT2D eigenvalue weighted by Gasteiger charge is 2.01. The molecule has 1 aromatic rings. The van der Waals surface area contributed by atoms with Gasteiger partial charge in [0.15, 0.2) is 0 Å². The van der Waals surface area contributed by atoms with Crippen molar-refractivity contribution in [1.29, 1.82) is 5.41 Å². The van der Waals surface area contributed by atoms with E-state index in [-0.39, 0.29) is 0 Å². The SMILES string of the molecule is CC(=N)/C=C(\C)n1nc(C)cc1C. The number of hydrogen-bond donors (Lipinski definition) is 1. The van der Waals surface area contributed by atoms with E-state index >= 15 is 0 Å². The molecule has 0 fully saturated rings. The predicted octanol–water partition coefficient (Wildman–Crippen LogP) is 2.40. The molecule has 1 N–H and O–H groups in total. The van der Waals surface area contributed by atoms with Gasteiger partial charge in [-0.3, -0.25) is 0 Å². The molecule has 13 heavy (non-hydrogen) atoms. The second kappa shape index (κ2) is 3.56. The Hall–Kier alpha value is -1.38. The van der Waals surface area contributed by atoms with Crippen LogP contribution in [-0.4, -0.2) is 15.5 Å². The first-order valence-corrected chi connectivity index (χ1v) is 4.28. The zero-order valence-corrected chi connectivity index (χ0v) is 8.55. The number of hydrogen-bond acceptors (Lipinski definition) is 2. The maximum Gasteiger partial charge on any atom is 0.0600 e.